The average molecular weight is 527 g/mol. The van der Waals surface area contributed by atoms with Gasteiger partial charge in [-0.2, -0.15) is 0 Å². The summed E-state index contributed by atoms with van der Waals surface area (Å²) in [6.07, 6.45) is 9.63. The van der Waals surface area contributed by atoms with Crippen LogP contribution >= 0.6 is 0 Å². The second-order valence-corrected chi connectivity index (χ2v) is 15.0. The molecule has 0 aromatic heterocycles. The van der Waals surface area contributed by atoms with Gasteiger partial charge in [-0.1, -0.05) is 52.3 Å². The number of epoxide rings is 1. The van der Waals surface area contributed by atoms with Crippen LogP contribution in [0.15, 0.2) is 23.8 Å². The molecule has 6 heteroatoms. The van der Waals surface area contributed by atoms with E-state index in [0.29, 0.717) is 6.42 Å². The van der Waals surface area contributed by atoms with Crippen molar-refractivity contribution in [2.45, 2.75) is 118 Å². The molecular formula is C32H46O6. The van der Waals surface area contributed by atoms with Crippen LogP contribution in [-0.4, -0.2) is 47.1 Å². The zero-order valence-corrected chi connectivity index (χ0v) is 24.4. The van der Waals surface area contributed by atoms with Crippen LogP contribution in [0.5, 0.6) is 0 Å². The van der Waals surface area contributed by atoms with Crippen LogP contribution in [-0.2, 0) is 23.8 Å². The molecule has 0 amide bonds. The minimum absolute atomic E-state index is 0.0293. The van der Waals surface area contributed by atoms with E-state index in [1.807, 2.05) is 6.08 Å². The molecule has 0 aromatic carbocycles. The Morgan fingerprint density at radius 1 is 1.08 bits per heavy atom. The zero-order chi connectivity index (χ0) is 27.6. The second-order valence-electron chi connectivity index (χ2n) is 15.0. The smallest absolute Gasteiger partial charge is 0.304 e. The molecule has 6 rings (SSSR count). The fraction of sp³-hybridized carbons (Fsp3) is 0.812. The fourth-order valence-electron chi connectivity index (χ4n) is 10.3. The maximum absolute atomic E-state index is 12.9. The Bertz CT molecular complexity index is 1120. The van der Waals surface area contributed by atoms with Gasteiger partial charge in [0.1, 0.15) is 6.10 Å². The number of esters is 1. The van der Waals surface area contributed by atoms with Gasteiger partial charge in [-0.3, -0.25) is 9.59 Å². The van der Waals surface area contributed by atoms with Crippen molar-refractivity contribution < 1.29 is 28.9 Å². The molecule has 210 valence electrons. The van der Waals surface area contributed by atoms with E-state index in [9.17, 15) is 14.7 Å². The number of aliphatic hydroxyl groups is 1. The van der Waals surface area contributed by atoms with Gasteiger partial charge < -0.3 is 19.3 Å². The first-order chi connectivity index (χ1) is 17.6. The highest BCUT2D eigenvalue weighted by molar-refractivity contribution is 5.95. The van der Waals surface area contributed by atoms with Crippen LogP contribution in [0.4, 0.5) is 0 Å². The molecule has 0 bridgehead atoms. The summed E-state index contributed by atoms with van der Waals surface area (Å²) in [4.78, 5) is 24.9. The summed E-state index contributed by atoms with van der Waals surface area (Å²) in [5, 5.41) is 11.9. The molecule has 2 aliphatic heterocycles. The van der Waals surface area contributed by atoms with Crippen LogP contribution in [0, 0.1) is 45.3 Å². The van der Waals surface area contributed by atoms with E-state index in [1.54, 1.807) is 0 Å². The molecule has 0 unspecified atom stereocenters. The molecule has 1 N–H and O–H groups in total. The van der Waals surface area contributed by atoms with E-state index in [0.717, 1.165) is 25.7 Å². The Labute approximate surface area is 227 Å². The predicted molar refractivity (Wildman–Crippen MR) is 143 cm³/mol. The molecule has 6 nitrogen and oxygen atoms in total. The number of carbonyl (C=O) groups is 2. The number of allylic oxidation sites excluding steroid dienone is 3. The molecule has 4 aliphatic carbocycles. The topological polar surface area (TPSA) is 85.4 Å². The molecule has 2 saturated carbocycles. The molecule has 38 heavy (non-hydrogen) atoms. The number of hydrogen-bond acceptors (Lipinski definition) is 6. The monoisotopic (exact) mass is 526 g/mol. The minimum Gasteiger partial charge on any atom is -0.436 e. The number of ether oxygens (including phenoxy) is 3. The Kier molecular flexibility index (Phi) is 5.65. The van der Waals surface area contributed by atoms with Crippen molar-refractivity contribution in [1.82, 2.24) is 0 Å². The van der Waals surface area contributed by atoms with E-state index in [4.69, 9.17) is 14.2 Å². The lowest BCUT2D eigenvalue weighted by molar-refractivity contribution is -0.187. The van der Waals surface area contributed by atoms with E-state index >= 15 is 0 Å². The van der Waals surface area contributed by atoms with Crippen LogP contribution in [0.25, 0.3) is 0 Å². The number of carbonyl (C=O) groups excluding carboxylic acids is 2. The number of fused-ring (bicyclic) bond motifs is 5. The largest absolute Gasteiger partial charge is 0.436 e. The molecular weight excluding hydrogens is 480 g/mol. The molecule has 2 heterocycles. The van der Waals surface area contributed by atoms with Gasteiger partial charge in [-0.25, -0.2) is 0 Å². The molecule has 2 saturated heterocycles. The molecule has 0 spiro atoms. The Morgan fingerprint density at radius 2 is 1.76 bits per heavy atom. The first-order valence-corrected chi connectivity index (χ1v) is 14.7. The third-order valence-corrected chi connectivity index (χ3v) is 12.4. The highest BCUT2D eigenvalue weighted by Crippen LogP contribution is 2.72. The summed E-state index contributed by atoms with van der Waals surface area (Å²) in [5.41, 5.74) is 0.0594. The van der Waals surface area contributed by atoms with Gasteiger partial charge >= 0.3 is 5.97 Å². The van der Waals surface area contributed by atoms with Crippen molar-refractivity contribution in [3.8, 4) is 0 Å². The van der Waals surface area contributed by atoms with Crippen molar-refractivity contribution in [2.75, 3.05) is 0 Å². The SMILES string of the molecule is CC(=O)O[C@@H]1O[C@@H]([C@@H]2OC2(C)C)C[C@H]1[C@@H]1CC=C2[C@]3(C)[C@H](O)C[C@H]4C(C)(C)C(=O)C=C[C@]4(C)[C@H]3CC[C@]21C. The quantitative estimate of drug-likeness (QED) is 0.302. The number of aliphatic hydroxyl groups excluding tert-OH is 1. The highest BCUT2D eigenvalue weighted by atomic mass is 16.7. The highest BCUT2D eigenvalue weighted by Gasteiger charge is 2.69. The van der Waals surface area contributed by atoms with E-state index < -0.39 is 17.8 Å². The normalized spacial score (nSPS) is 52.0. The first-order valence-electron chi connectivity index (χ1n) is 14.7. The van der Waals surface area contributed by atoms with Crippen molar-refractivity contribution >= 4 is 11.8 Å². The summed E-state index contributed by atoms with van der Waals surface area (Å²) in [5.74, 6) is 0.574. The van der Waals surface area contributed by atoms with Gasteiger partial charge in [0.25, 0.3) is 0 Å². The third-order valence-electron chi connectivity index (χ3n) is 12.4. The summed E-state index contributed by atoms with van der Waals surface area (Å²) >= 11 is 0. The van der Waals surface area contributed by atoms with Gasteiger partial charge in [-0.15, -0.1) is 0 Å². The van der Waals surface area contributed by atoms with Crippen molar-refractivity contribution in [1.29, 1.82) is 0 Å². The van der Waals surface area contributed by atoms with Crippen molar-refractivity contribution in [2.24, 2.45) is 45.3 Å². The number of ketones is 1. The minimum atomic E-state index is -0.566. The second kappa shape index (κ2) is 8.04. The fourth-order valence-corrected chi connectivity index (χ4v) is 10.3. The number of hydrogen-bond donors (Lipinski definition) is 1. The van der Waals surface area contributed by atoms with Gasteiger partial charge in [0.2, 0.25) is 6.29 Å². The lowest BCUT2D eigenvalue weighted by atomic mass is 9.38. The van der Waals surface area contributed by atoms with Crippen LogP contribution < -0.4 is 0 Å². The summed E-state index contributed by atoms with van der Waals surface area (Å²) in [6.45, 7) is 16.7. The third kappa shape index (κ3) is 3.41. The average Bonchev–Trinajstić information content (AvgIpc) is 3.11. The lowest BCUT2D eigenvalue weighted by Crippen LogP contribution is -2.63. The standard InChI is InChI=1S/C32H46O6/c1-17(33)36-27-18(15-20(37-27)26-29(4,5)38-26)19-9-10-21-30(19,6)13-11-22-31(7)14-12-24(34)28(2,3)23(31)16-25(35)32(21,22)8/h10,12,14,18-20,22-23,25-27,35H,9,11,13,15-16H2,1-8H3/t18-,19-,20+,22+,23-,25+,26-,27+,30-,31+,32-/m0/s1. The van der Waals surface area contributed by atoms with Crippen LogP contribution in [0.1, 0.15) is 87.5 Å². The Balaban J connectivity index is 1.33. The number of rotatable bonds is 3. The molecule has 4 fully saturated rings. The van der Waals surface area contributed by atoms with E-state index in [2.05, 4.69) is 60.6 Å². The summed E-state index contributed by atoms with van der Waals surface area (Å²) in [6, 6.07) is 0. The Morgan fingerprint density at radius 3 is 2.39 bits per heavy atom. The maximum atomic E-state index is 12.9. The van der Waals surface area contributed by atoms with E-state index in [-0.39, 0.29) is 69.5 Å². The van der Waals surface area contributed by atoms with E-state index in [1.165, 1.54) is 12.5 Å². The van der Waals surface area contributed by atoms with Gasteiger partial charge in [-0.05, 0) is 80.6 Å². The summed E-state index contributed by atoms with van der Waals surface area (Å²) < 4.78 is 18.1. The molecule has 0 radical (unpaired) electrons. The van der Waals surface area contributed by atoms with Crippen LogP contribution in [0.3, 0.4) is 0 Å². The molecule has 6 aliphatic rings. The predicted octanol–water partition coefficient (Wildman–Crippen LogP) is 5.38. The van der Waals surface area contributed by atoms with Crippen molar-refractivity contribution in [3.63, 3.8) is 0 Å². The molecule has 0 aromatic rings. The van der Waals surface area contributed by atoms with Crippen molar-refractivity contribution in [3.05, 3.63) is 23.8 Å². The van der Waals surface area contributed by atoms with Gasteiger partial charge in [0, 0.05) is 23.7 Å². The maximum Gasteiger partial charge on any atom is 0.304 e. The van der Waals surface area contributed by atoms with Gasteiger partial charge in [0.05, 0.1) is 17.8 Å². The first kappa shape index (κ1) is 26.7. The van der Waals surface area contributed by atoms with Crippen LogP contribution in [0.2, 0.25) is 0 Å². The zero-order valence-electron chi connectivity index (χ0n) is 24.4. The van der Waals surface area contributed by atoms with Gasteiger partial charge in [0.15, 0.2) is 5.78 Å². The lowest BCUT2D eigenvalue weighted by Gasteiger charge is -2.66. The molecule has 11 atom stereocenters. The summed E-state index contributed by atoms with van der Waals surface area (Å²) in [7, 11) is 0. The Hall–Kier alpha value is -1.50.